The van der Waals surface area contributed by atoms with E-state index in [0.717, 1.165) is 41.9 Å². The van der Waals surface area contributed by atoms with Crippen molar-refractivity contribution >= 4 is 23.1 Å². The molecule has 3 rings (SSSR count). The summed E-state index contributed by atoms with van der Waals surface area (Å²) in [6.07, 6.45) is 8.37. The molecule has 2 heterocycles. The molecule has 0 aliphatic rings. The molecule has 0 aliphatic carbocycles. The lowest BCUT2D eigenvalue weighted by Gasteiger charge is -2.15. The van der Waals surface area contributed by atoms with E-state index in [2.05, 4.69) is 21.5 Å². The van der Waals surface area contributed by atoms with Gasteiger partial charge in [-0.05, 0) is 48.2 Å². The van der Waals surface area contributed by atoms with Gasteiger partial charge < -0.3 is 9.67 Å². The number of aromatic nitrogens is 3. The van der Waals surface area contributed by atoms with Crippen molar-refractivity contribution in [3.05, 3.63) is 88.2 Å². The van der Waals surface area contributed by atoms with E-state index in [1.54, 1.807) is 18.6 Å². The molecule has 0 aliphatic heterocycles. The quantitative estimate of drug-likeness (QED) is 0.466. The number of aryl methyl sites for hydroxylation is 1. The number of rotatable bonds is 9. The molecule has 0 fully saturated rings. The van der Waals surface area contributed by atoms with E-state index >= 15 is 0 Å². The van der Waals surface area contributed by atoms with Crippen LogP contribution in [0.15, 0.2) is 60.6 Å². The molecule has 30 heavy (non-hydrogen) atoms. The van der Waals surface area contributed by atoms with Gasteiger partial charge in [-0.3, -0.25) is 4.98 Å². The molecule has 3 aromatic rings. The van der Waals surface area contributed by atoms with E-state index in [0.29, 0.717) is 29.1 Å². The molecule has 2 aromatic heterocycles. The number of halogens is 1. The van der Waals surface area contributed by atoms with Crippen molar-refractivity contribution in [1.29, 1.82) is 0 Å². The zero-order valence-electron chi connectivity index (χ0n) is 17.3. The SMILES string of the molecule is CCCCc1ncc(/C(C)=C(\Cc2ccncc2)C(=O)O)n1Cc1ccccc1Cl. The van der Waals surface area contributed by atoms with Gasteiger partial charge in [0.2, 0.25) is 0 Å². The summed E-state index contributed by atoms with van der Waals surface area (Å²) in [6, 6.07) is 11.4. The summed E-state index contributed by atoms with van der Waals surface area (Å²) in [7, 11) is 0. The first-order valence-corrected chi connectivity index (χ1v) is 10.5. The van der Waals surface area contributed by atoms with Crippen LogP contribution in [0.1, 0.15) is 49.3 Å². The van der Waals surface area contributed by atoms with Crippen LogP contribution in [0.3, 0.4) is 0 Å². The lowest BCUT2D eigenvalue weighted by Crippen LogP contribution is -2.12. The number of carbonyl (C=O) groups is 1. The fourth-order valence-corrected chi connectivity index (χ4v) is 3.64. The third-order valence-corrected chi connectivity index (χ3v) is 5.57. The largest absolute Gasteiger partial charge is 0.478 e. The lowest BCUT2D eigenvalue weighted by atomic mass is 9.99. The van der Waals surface area contributed by atoms with E-state index in [1.165, 1.54) is 0 Å². The Morgan fingerprint density at radius 1 is 1.17 bits per heavy atom. The van der Waals surface area contributed by atoms with Crippen LogP contribution >= 0.6 is 11.6 Å². The molecule has 0 spiro atoms. The van der Waals surface area contributed by atoms with Gasteiger partial charge in [0, 0.05) is 35.8 Å². The van der Waals surface area contributed by atoms with Gasteiger partial charge in [0.05, 0.1) is 18.4 Å². The first-order valence-electron chi connectivity index (χ1n) is 10.1. The van der Waals surface area contributed by atoms with Crippen LogP contribution < -0.4 is 0 Å². The number of carboxylic acids is 1. The number of carboxylic acid groups (broad SMARTS) is 1. The van der Waals surface area contributed by atoms with Crippen molar-refractivity contribution in [2.75, 3.05) is 0 Å². The standard InChI is InChI=1S/C24H26ClN3O2/c1-3-4-9-23-27-15-22(28(23)16-19-7-5-6-8-21(19)25)17(2)20(24(29)30)14-18-10-12-26-13-11-18/h5-8,10-13,15H,3-4,9,14,16H2,1-2H3,(H,29,30)/b20-17+. The first kappa shape index (κ1) is 21.8. The highest BCUT2D eigenvalue weighted by molar-refractivity contribution is 6.31. The molecule has 0 radical (unpaired) electrons. The van der Waals surface area contributed by atoms with Gasteiger partial charge in [-0.1, -0.05) is 43.1 Å². The molecule has 156 valence electrons. The monoisotopic (exact) mass is 423 g/mol. The Balaban J connectivity index is 2.06. The number of hydrogen-bond donors (Lipinski definition) is 1. The van der Waals surface area contributed by atoms with Gasteiger partial charge in [-0.15, -0.1) is 0 Å². The van der Waals surface area contributed by atoms with Gasteiger partial charge in [0.15, 0.2) is 0 Å². The lowest BCUT2D eigenvalue weighted by molar-refractivity contribution is -0.132. The Labute approximate surface area is 182 Å². The minimum absolute atomic E-state index is 0.325. The number of benzene rings is 1. The fourth-order valence-electron chi connectivity index (χ4n) is 3.45. The number of pyridine rings is 1. The summed E-state index contributed by atoms with van der Waals surface area (Å²) in [5.74, 6) is 0.0182. The topological polar surface area (TPSA) is 68.0 Å². The summed E-state index contributed by atoms with van der Waals surface area (Å²) in [5, 5.41) is 10.6. The minimum atomic E-state index is -0.926. The van der Waals surface area contributed by atoms with Gasteiger partial charge in [-0.2, -0.15) is 0 Å². The second-order valence-corrected chi connectivity index (χ2v) is 7.69. The number of unbranched alkanes of at least 4 members (excludes halogenated alkanes) is 1. The normalized spacial score (nSPS) is 12.0. The molecule has 0 bridgehead atoms. The van der Waals surface area contributed by atoms with Crippen molar-refractivity contribution in [2.24, 2.45) is 0 Å². The molecular weight excluding hydrogens is 398 g/mol. The third kappa shape index (κ3) is 5.16. The molecule has 0 saturated heterocycles. The Morgan fingerprint density at radius 2 is 1.90 bits per heavy atom. The summed E-state index contributed by atoms with van der Waals surface area (Å²) in [6.45, 7) is 4.55. The molecule has 0 unspecified atom stereocenters. The number of allylic oxidation sites excluding steroid dienone is 1. The molecule has 1 aromatic carbocycles. The van der Waals surface area contributed by atoms with E-state index in [4.69, 9.17) is 11.6 Å². The minimum Gasteiger partial charge on any atom is -0.478 e. The molecule has 1 N–H and O–H groups in total. The Morgan fingerprint density at radius 3 is 2.57 bits per heavy atom. The van der Waals surface area contributed by atoms with Crippen LogP contribution in [0.4, 0.5) is 0 Å². The highest BCUT2D eigenvalue weighted by Crippen LogP contribution is 2.26. The number of nitrogens with zero attached hydrogens (tertiary/aromatic N) is 3. The molecule has 5 nitrogen and oxygen atoms in total. The van der Waals surface area contributed by atoms with Crippen LogP contribution in [-0.4, -0.2) is 25.6 Å². The Kier molecular flexibility index (Phi) is 7.41. The molecule has 6 heteroatoms. The number of imidazole rings is 1. The maximum atomic E-state index is 12.1. The smallest absolute Gasteiger partial charge is 0.332 e. The first-order chi connectivity index (χ1) is 14.5. The van der Waals surface area contributed by atoms with Crippen LogP contribution in [0.5, 0.6) is 0 Å². The van der Waals surface area contributed by atoms with Crippen molar-refractivity contribution in [3.8, 4) is 0 Å². The van der Waals surface area contributed by atoms with Crippen molar-refractivity contribution in [1.82, 2.24) is 14.5 Å². The van der Waals surface area contributed by atoms with Crippen molar-refractivity contribution < 1.29 is 9.90 Å². The number of aliphatic carboxylic acids is 1. The zero-order valence-corrected chi connectivity index (χ0v) is 18.1. The molecular formula is C24H26ClN3O2. The van der Waals surface area contributed by atoms with Crippen molar-refractivity contribution in [2.45, 2.75) is 46.1 Å². The van der Waals surface area contributed by atoms with Crippen LogP contribution in [0, 0.1) is 0 Å². The summed E-state index contributed by atoms with van der Waals surface area (Å²) in [5.41, 5.74) is 3.76. The number of hydrogen-bond acceptors (Lipinski definition) is 3. The highest BCUT2D eigenvalue weighted by Gasteiger charge is 2.19. The van der Waals surface area contributed by atoms with Gasteiger partial charge >= 0.3 is 5.97 Å². The van der Waals surface area contributed by atoms with E-state index in [9.17, 15) is 9.90 Å². The maximum absolute atomic E-state index is 12.1. The Hall–Kier alpha value is -2.92. The highest BCUT2D eigenvalue weighted by atomic mass is 35.5. The Bertz CT molecular complexity index is 1040. The van der Waals surface area contributed by atoms with E-state index in [-0.39, 0.29) is 0 Å². The van der Waals surface area contributed by atoms with Crippen LogP contribution in [-0.2, 0) is 24.2 Å². The predicted molar refractivity (Wildman–Crippen MR) is 120 cm³/mol. The average Bonchev–Trinajstić information content (AvgIpc) is 3.14. The summed E-state index contributed by atoms with van der Waals surface area (Å²) in [4.78, 5) is 20.7. The van der Waals surface area contributed by atoms with Crippen LogP contribution in [0.2, 0.25) is 5.02 Å². The van der Waals surface area contributed by atoms with Gasteiger partial charge in [0.1, 0.15) is 5.82 Å². The van der Waals surface area contributed by atoms with Gasteiger partial charge in [-0.25, -0.2) is 9.78 Å². The van der Waals surface area contributed by atoms with Crippen LogP contribution in [0.25, 0.3) is 5.57 Å². The van der Waals surface area contributed by atoms with Crippen molar-refractivity contribution in [3.63, 3.8) is 0 Å². The second-order valence-electron chi connectivity index (χ2n) is 7.28. The molecule has 0 saturated carbocycles. The van der Waals surface area contributed by atoms with E-state index in [1.807, 2.05) is 43.3 Å². The van der Waals surface area contributed by atoms with E-state index < -0.39 is 5.97 Å². The second kappa shape index (κ2) is 10.2. The third-order valence-electron chi connectivity index (χ3n) is 5.20. The molecule has 0 amide bonds. The fraction of sp³-hybridized carbons (Fsp3) is 0.292. The maximum Gasteiger partial charge on any atom is 0.332 e. The summed E-state index contributed by atoms with van der Waals surface area (Å²) < 4.78 is 2.10. The van der Waals surface area contributed by atoms with Gasteiger partial charge in [0.25, 0.3) is 0 Å². The molecule has 0 atom stereocenters. The predicted octanol–water partition coefficient (Wildman–Crippen LogP) is 5.42. The zero-order chi connectivity index (χ0) is 21.5. The average molecular weight is 424 g/mol. The summed E-state index contributed by atoms with van der Waals surface area (Å²) >= 11 is 6.40.